The molecule has 1 aliphatic carbocycles. The molecule has 3 heteroatoms. The van der Waals surface area contributed by atoms with E-state index in [1.807, 2.05) is 19.1 Å². The van der Waals surface area contributed by atoms with Crippen LogP contribution in [0.5, 0.6) is 0 Å². The second kappa shape index (κ2) is 5.74. The fourth-order valence-electron chi connectivity index (χ4n) is 2.81. The average molecular weight is 261 g/mol. The minimum absolute atomic E-state index is 0.139. The molecule has 104 valence electrons. The van der Waals surface area contributed by atoms with Crippen molar-refractivity contribution in [3.63, 3.8) is 0 Å². The Morgan fingerprint density at radius 3 is 2.84 bits per heavy atom. The zero-order chi connectivity index (χ0) is 13.9. The van der Waals surface area contributed by atoms with Crippen LogP contribution in [0.3, 0.4) is 0 Å². The van der Waals surface area contributed by atoms with Gasteiger partial charge in [0.25, 0.3) is 0 Å². The molecule has 0 amide bonds. The van der Waals surface area contributed by atoms with Gasteiger partial charge in [0.15, 0.2) is 0 Å². The van der Waals surface area contributed by atoms with E-state index in [0.717, 1.165) is 24.8 Å². The van der Waals surface area contributed by atoms with Gasteiger partial charge < -0.3 is 4.74 Å². The first kappa shape index (κ1) is 14.1. The Morgan fingerprint density at radius 1 is 1.42 bits per heavy atom. The summed E-state index contributed by atoms with van der Waals surface area (Å²) in [5.41, 5.74) is 1.70. The molecule has 0 saturated carbocycles. The van der Waals surface area contributed by atoms with Crippen molar-refractivity contribution in [1.29, 1.82) is 0 Å². The molecule has 0 aliphatic heterocycles. The molecule has 0 saturated heterocycles. The number of ether oxygens (including phenoxy) is 1. The average Bonchev–Trinajstić information content (AvgIpc) is 2.79. The monoisotopic (exact) mass is 261 g/mol. The highest BCUT2D eigenvalue weighted by molar-refractivity contribution is 5.84. The Bertz CT molecular complexity index is 458. The van der Waals surface area contributed by atoms with Crippen LogP contribution in [0.2, 0.25) is 0 Å². The van der Waals surface area contributed by atoms with Gasteiger partial charge in [0.2, 0.25) is 0 Å². The molecule has 0 spiro atoms. The SMILES string of the molecule is CCOC(=O)C1(NC(C)CC)CCc2ccccc21. The lowest BCUT2D eigenvalue weighted by Gasteiger charge is -2.32. The third kappa shape index (κ3) is 2.52. The van der Waals surface area contributed by atoms with Gasteiger partial charge >= 0.3 is 5.97 Å². The maximum atomic E-state index is 12.5. The molecule has 3 nitrogen and oxygen atoms in total. The Labute approximate surface area is 115 Å². The van der Waals surface area contributed by atoms with Gasteiger partial charge in [0.05, 0.1) is 6.61 Å². The number of rotatable bonds is 5. The number of esters is 1. The number of nitrogens with one attached hydrogen (secondary N) is 1. The Morgan fingerprint density at radius 2 is 2.16 bits per heavy atom. The summed E-state index contributed by atoms with van der Waals surface area (Å²) >= 11 is 0. The molecule has 1 aromatic rings. The van der Waals surface area contributed by atoms with Crippen molar-refractivity contribution in [2.24, 2.45) is 0 Å². The molecule has 2 atom stereocenters. The minimum Gasteiger partial charge on any atom is -0.464 e. The second-order valence-corrected chi connectivity index (χ2v) is 5.24. The topological polar surface area (TPSA) is 38.3 Å². The maximum Gasteiger partial charge on any atom is 0.331 e. The van der Waals surface area contributed by atoms with Crippen LogP contribution in [0.4, 0.5) is 0 Å². The van der Waals surface area contributed by atoms with E-state index in [4.69, 9.17) is 4.74 Å². The summed E-state index contributed by atoms with van der Waals surface area (Å²) in [5.74, 6) is -0.139. The van der Waals surface area contributed by atoms with Crippen molar-refractivity contribution >= 4 is 5.97 Å². The molecule has 2 rings (SSSR count). The second-order valence-electron chi connectivity index (χ2n) is 5.24. The van der Waals surface area contributed by atoms with E-state index in [-0.39, 0.29) is 12.0 Å². The molecule has 1 N–H and O–H groups in total. The largest absolute Gasteiger partial charge is 0.464 e. The van der Waals surface area contributed by atoms with Gasteiger partial charge in [-0.2, -0.15) is 0 Å². The molecule has 1 aromatic carbocycles. The van der Waals surface area contributed by atoms with Crippen molar-refractivity contribution in [1.82, 2.24) is 5.32 Å². The number of carbonyl (C=O) groups excluding carboxylic acids is 1. The van der Waals surface area contributed by atoms with Gasteiger partial charge in [-0.3, -0.25) is 5.32 Å². The van der Waals surface area contributed by atoms with Crippen molar-refractivity contribution in [2.75, 3.05) is 6.61 Å². The van der Waals surface area contributed by atoms with Gasteiger partial charge in [-0.05, 0) is 44.2 Å². The van der Waals surface area contributed by atoms with E-state index in [0.29, 0.717) is 6.61 Å². The zero-order valence-electron chi connectivity index (χ0n) is 12.0. The van der Waals surface area contributed by atoms with E-state index >= 15 is 0 Å². The van der Waals surface area contributed by atoms with E-state index in [1.54, 1.807) is 0 Å². The van der Waals surface area contributed by atoms with Gasteiger partial charge in [-0.15, -0.1) is 0 Å². The number of hydrogen-bond acceptors (Lipinski definition) is 3. The van der Waals surface area contributed by atoms with Crippen molar-refractivity contribution < 1.29 is 9.53 Å². The maximum absolute atomic E-state index is 12.5. The highest BCUT2D eigenvalue weighted by atomic mass is 16.5. The number of fused-ring (bicyclic) bond motifs is 1. The highest BCUT2D eigenvalue weighted by Crippen LogP contribution is 2.38. The molecule has 2 unspecified atom stereocenters. The molecular formula is C16H23NO2. The Kier molecular flexibility index (Phi) is 4.25. The van der Waals surface area contributed by atoms with Crippen molar-refractivity contribution in [2.45, 2.75) is 51.6 Å². The van der Waals surface area contributed by atoms with Crippen LogP contribution in [0, 0.1) is 0 Å². The quantitative estimate of drug-likeness (QED) is 0.828. The molecule has 0 fully saturated rings. The minimum atomic E-state index is -0.651. The lowest BCUT2D eigenvalue weighted by atomic mass is 9.90. The van der Waals surface area contributed by atoms with Crippen molar-refractivity contribution in [3.05, 3.63) is 35.4 Å². The normalized spacial score (nSPS) is 22.9. The molecule has 0 heterocycles. The van der Waals surface area contributed by atoms with Crippen LogP contribution >= 0.6 is 0 Å². The fourth-order valence-corrected chi connectivity index (χ4v) is 2.81. The smallest absolute Gasteiger partial charge is 0.331 e. The summed E-state index contributed by atoms with van der Waals surface area (Å²) in [5, 5.41) is 3.51. The first-order chi connectivity index (χ1) is 9.14. The third-order valence-electron chi connectivity index (χ3n) is 3.98. The van der Waals surface area contributed by atoms with Crippen LogP contribution in [0.25, 0.3) is 0 Å². The van der Waals surface area contributed by atoms with Gasteiger partial charge in [-0.25, -0.2) is 4.79 Å². The molecule has 19 heavy (non-hydrogen) atoms. The molecule has 1 aliphatic rings. The number of hydrogen-bond donors (Lipinski definition) is 1. The summed E-state index contributed by atoms with van der Waals surface area (Å²) in [4.78, 5) is 12.5. The Hall–Kier alpha value is -1.35. The van der Waals surface area contributed by atoms with Crippen molar-refractivity contribution in [3.8, 4) is 0 Å². The number of aryl methyl sites for hydroxylation is 1. The van der Waals surface area contributed by atoms with Gasteiger partial charge in [-0.1, -0.05) is 31.2 Å². The molecule has 0 aromatic heterocycles. The van der Waals surface area contributed by atoms with Gasteiger partial charge in [0, 0.05) is 6.04 Å². The number of benzene rings is 1. The third-order valence-corrected chi connectivity index (χ3v) is 3.98. The first-order valence-corrected chi connectivity index (χ1v) is 7.17. The predicted octanol–water partition coefficient (Wildman–Crippen LogP) is 2.78. The summed E-state index contributed by atoms with van der Waals surface area (Å²) in [7, 11) is 0. The summed E-state index contributed by atoms with van der Waals surface area (Å²) in [6, 6.07) is 8.47. The molecule has 0 bridgehead atoms. The predicted molar refractivity (Wildman–Crippen MR) is 76.0 cm³/mol. The van der Waals surface area contributed by atoms with E-state index in [9.17, 15) is 4.79 Å². The molecule has 0 radical (unpaired) electrons. The first-order valence-electron chi connectivity index (χ1n) is 7.17. The van der Waals surface area contributed by atoms with Crippen LogP contribution < -0.4 is 5.32 Å². The van der Waals surface area contributed by atoms with Crippen LogP contribution in [0.15, 0.2) is 24.3 Å². The van der Waals surface area contributed by atoms with Crippen LogP contribution in [-0.4, -0.2) is 18.6 Å². The summed E-state index contributed by atoms with van der Waals surface area (Å²) in [6.07, 6.45) is 2.71. The summed E-state index contributed by atoms with van der Waals surface area (Å²) in [6.45, 7) is 6.51. The fraction of sp³-hybridized carbons (Fsp3) is 0.562. The van der Waals surface area contributed by atoms with Crippen LogP contribution in [0.1, 0.15) is 44.7 Å². The molecular weight excluding hydrogens is 238 g/mol. The van der Waals surface area contributed by atoms with E-state index in [2.05, 4.69) is 31.3 Å². The van der Waals surface area contributed by atoms with Gasteiger partial charge in [0.1, 0.15) is 5.54 Å². The summed E-state index contributed by atoms with van der Waals surface area (Å²) < 4.78 is 5.33. The van der Waals surface area contributed by atoms with E-state index in [1.165, 1.54) is 5.56 Å². The van der Waals surface area contributed by atoms with Crippen LogP contribution in [-0.2, 0) is 21.5 Å². The lowest BCUT2D eigenvalue weighted by molar-refractivity contribution is -0.152. The lowest BCUT2D eigenvalue weighted by Crippen LogP contribution is -2.52. The highest BCUT2D eigenvalue weighted by Gasteiger charge is 2.46. The zero-order valence-corrected chi connectivity index (χ0v) is 12.0. The Balaban J connectivity index is 2.39. The standard InChI is InChI=1S/C16H23NO2/c1-4-12(3)17-16(15(18)19-5-2)11-10-13-8-6-7-9-14(13)16/h6-9,12,17H,4-5,10-11H2,1-3H3. The van der Waals surface area contributed by atoms with E-state index < -0.39 is 5.54 Å². The number of carbonyl (C=O) groups is 1.